The van der Waals surface area contributed by atoms with Crippen LogP contribution in [0.4, 0.5) is 0 Å². The number of aromatic amines is 1. The number of rotatable bonds is 4. The summed E-state index contributed by atoms with van der Waals surface area (Å²) in [6.07, 6.45) is 3.33. The average molecular weight is 203 g/mol. The van der Waals surface area contributed by atoms with E-state index >= 15 is 0 Å². The van der Waals surface area contributed by atoms with Gasteiger partial charge in [-0.1, -0.05) is 18.2 Å². The molecule has 1 aromatic heterocycles. The van der Waals surface area contributed by atoms with Crippen LogP contribution in [0.25, 0.3) is 0 Å². The van der Waals surface area contributed by atoms with E-state index < -0.39 is 0 Å². The minimum absolute atomic E-state index is 0.0350. The quantitative estimate of drug-likeness (QED) is 0.799. The number of ether oxygens (including phenoxy) is 1. The van der Waals surface area contributed by atoms with E-state index in [1.54, 1.807) is 0 Å². The van der Waals surface area contributed by atoms with Gasteiger partial charge in [-0.15, -0.1) is 0 Å². The zero-order valence-corrected chi connectivity index (χ0v) is 8.26. The Kier molecular flexibility index (Phi) is 3.05. The number of hydrogen-bond donors (Lipinski definition) is 2. The number of aliphatic hydroxyl groups excluding tert-OH is 1. The molecule has 0 spiro atoms. The molecule has 0 radical (unpaired) electrons. The summed E-state index contributed by atoms with van der Waals surface area (Å²) in [5.74, 6) is 0.762. The topological polar surface area (TPSA) is 45.2 Å². The van der Waals surface area contributed by atoms with E-state index in [0.29, 0.717) is 0 Å². The lowest BCUT2D eigenvalue weighted by atomic mass is 10.2. The Balaban J connectivity index is 2.10. The molecule has 15 heavy (non-hydrogen) atoms. The molecule has 78 valence electrons. The van der Waals surface area contributed by atoms with Gasteiger partial charge in [-0.3, -0.25) is 0 Å². The van der Waals surface area contributed by atoms with Crippen molar-refractivity contribution in [1.82, 2.24) is 4.98 Å². The Bertz CT molecular complexity index is 383. The van der Waals surface area contributed by atoms with Crippen LogP contribution in [0, 0.1) is 0 Å². The number of benzene rings is 1. The molecule has 2 N–H and O–H groups in total. The zero-order chi connectivity index (χ0) is 10.5. The maximum atomic E-state index is 9.22. The van der Waals surface area contributed by atoms with Crippen LogP contribution < -0.4 is 4.74 Å². The van der Waals surface area contributed by atoms with Gasteiger partial charge in [0.25, 0.3) is 0 Å². The minimum atomic E-state index is -0.307. The van der Waals surface area contributed by atoms with Gasteiger partial charge in [-0.25, -0.2) is 0 Å². The molecule has 0 fully saturated rings. The summed E-state index contributed by atoms with van der Waals surface area (Å²) in [4.78, 5) is 2.94. The number of aliphatic hydroxyl groups is 1. The molecule has 0 aliphatic rings. The average Bonchev–Trinajstić information content (AvgIpc) is 2.81. The Morgan fingerprint density at radius 2 is 2.00 bits per heavy atom. The molecule has 3 heteroatoms. The molecular weight excluding hydrogens is 190 g/mol. The molecule has 1 atom stereocenters. The molecule has 2 aromatic rings. The lowest BCUT2D eigenvalue weighted by Gasteiger charge is -2.15. The molecule has 0 aliphatic carbocycles. The summed E-state index contributed by atoms with van der Waals surface area (Å²) in [6, 6.07) is 11.4. The monoisotopic (exact) mass is 203 g/mol. The smallest absolute Gasteiger partial charge is 0.148 e. The first-order valence-electron chi connectivity index (χ1n) is 4.85. The van der Waals surface area contributed by atoms with E-state index in [1.165, 1.54) is 0 Å². The second-order valence-corrected chi connectivity index (χ2v) is 3.25. The molecule has 0 saturated heterocycles. The fraction of sp³-hybridized carbons (Fsp3) is 0.167. The van der Waals surface area contributed by atoms with E-state index in [9.17, 15) is 5.11 Å². The highest BCUT2D eigenvalue weighted by Gasteiger charge is 2.11. The second-order valence-electron chi connectivity index (χ2n) is 3.25. The van der Waals surface area contributed by atoms with Crippen LogP contribution in [-0.2, 0) is 0 Å². The van der Waals surface area contributed by atoms with Crippen molar-refractivity contribution in [3.05, 3.63) is 54.4 Å². The van der Waals surface area contributed by atoms with Gasteiger partial charge < -0.3 is 14.8 Å². The second kappa shape index (κ2) is 4.66. The van der Waals surface area contributed by atoms with Crippen LogP contribution >= 0.6 is 0 Å². The maximum Gasteiger partial charge on any atom is 0.148 e. The van der Waals surface area contributed by atoms with Crippen LogP contribution in [0.3, 0.4) is 0 Å². The van der Waals surface area contributed by atoms with Crippen molar-refractivity contribution in [2.45, 2.75) is 6.10 Å². The van der Waals surface area contributed by atoms with Gasteiger partial charge in [0.15, 0.2) is 0 Å². The third-order valence-electron chi connectivity index (χ3n) is 2.18. The Hall–Kier alpha value is -1.74. The van der Waals surface area contributed by atoms with Crippen LogP contribution in [0.1, 0.15) is 11.7 Å². The highest BCUT2D eigenvalue weighted by Crippen LogP contribution is 2.20. The van der Waals surface area contributed by atoms with Crippen molar-refractivity contribution in [3.63, 3.8) is 0 Å². The number of nitrogens with one attached hydrogen (secondary N) is 1. The van der Waals surface area contributed by atoms with E-state index in [2.05, 4.69) is 4.98 Å². The Morgan fingerprint density at radius 1 is 1.20 bits per heavy atom. The summed E-state index contributed by atoms with van der Waals surface area (Å²) >= 11 is 0. The molecule has 1 unspecified atom stereocenters. The van der Waals surface area contributed by atoms with Crippen molar-refractivity contribution in [2.24, 2.45) is 0 Å². The molecule has 3 nitrogen and oxygen atoms in total. The number of aromatic nitrogens is 1. The van der Waals surface area contributed by atoms with Crippen molar-refractivity contribution in [3.8, 4) is 5.75 Å². The molecule has 0 saturated carbocycles. The predicted molar refractivity (Wildman–Crippen MR) is 57.7 cm³/mol. The first-order valence-corrected chi connectivity index (χ1v) is 4.85. The van der Waals surface area contributed by atoms with Gasteiger partial charge in [-0.05, 0) is 18.2 Å². The number of hydrogen-bond acceptors (Lipinski definition) is 2. The predicted octanol–water partition coefficient (Wildman–Crippen LogP) is 2.13. The SMILES string of the molecule is OCC(Oc1ccccc1)c1cc[nH]c1. The van der Waals surface area contributed by atoms with Crippen LogP contribution in [-0.4, -0.2) is 16.7 Å². The fourth-order valence-electron chi connectivity index (χ4n) is 1.41. The first kappa shape index (κ1) is 9.80. The molecule has 2 rings (SSSR count). The Labute approximate surface area is 88.3 Å². The van der Waals surface area contributed by atoms with Crippen molar-refractivity contribution >= 4 is 0 Å². The summed E-state index contributed by atoms with van der Waals surface area (Å²) in [7, 11) is 0. The fourth-order valence-corrected chi connectivity index (χ4v) is 1.41. The molecule has 0 bridgehead atoms. The van der Waals surface area contributed by atoms with E-state index in [0.717, 1.165) is 11.3 Å². The number of H-pyrrole nitrogens is 1. The van der Waals surface area contributed by atoms with Gasteiger partial charge in [0, 0.05) is 18.0 Å². The molecule has 1 heterocycles. The highest BCUT2D eigenvalue weighted by atomic mass is 16.5. The van der Waals surface area contributed by atoms with E-state index in [-0.39, 0.29) is 12.7 Å². The molecular formula is C12H13NO2. The maximum absolute atomic E-state index is 9.22. The zero-order valence-electron chi connectivity index (χ0n) is 8.26. The normalized spacial score (nSPS) is 12.3. The summed E-state index contributed by atoms with van der Waals surface area (Å²) in [5.41, 5.74) is 0.946. The van der Waals surface area contributed by atoms with Crippen molar-refractivity contribution in [2.75, 3.05) is 6.61 Å². The Morgan fingerprint density at radius 3 is 2.60 bits per heavy atom. The summed E-state index contributed by atoms with van der Waals surface area (Å²) in [6.45, 7) is -0.0350. The lowest BCUT2D eigenvalue weighted by molar-refractivity contribution is 0.116. The van der Waals surface area contributed by atoms with Crippen LogP contribution in [0.15, 0.2) is 48.8 Å². The first-order chi connectivity index (χ1) is 7.40. The van der Waals surface area contributed by atoms with Gasteiger partial charge in [0.05, 0.1) is 6.61 Å². The number of para-hydroxylation sites is 1. The third-order valence-corrected chi connectivity index (χ3v) is 2.18. The summed E-state index contributed by atoms with van der Waals surface area (Å²) in [5, 5.41) is 9.22. The molecule has 1 aromatic carbocycles. The van der Waals surface area contributed by atoms with Gasteiger partial charge >= 0.3 is 0 Å². The standard InChI is InChI=1S/C12H13NO2/c14-9-12(10-6-7-13-8-10)15-11-4-2-1-3-5-11/h1-8,12-14H,9H2. The highest BCUT2D eigenvalue weighted by molar-refractivity contribution is 5.23. The molecule has 0 amide bonds. The van der Waals surface area contributed by atoms with Crippen molar-refractivity contribution in [1.29, 1.82) is 0 Å². The summed E-state index contributed by atoms with van der Waals surface area (Å²) < 4.78 is 5.64. The van der Waals surface area contributed by atoms with Crippen LogP contribution in [0.5, 0.6) is 5.75 Å². The van der Waals surface area contributed by atoms with Crippen LogP contribution in [0.2, 0.25) is 0 Å². The third kappa shape index (κ3) is 2.39. The van der Waals surface area contributed by atoms with E-state index in [4.69, 9.17) is 4.74 Å². The van der Waals surface area contributed by atoms with Gasteiger partial charge in [0.1, 0.15) is 11.9 Å². The van der Waals surface area contributed by atoms with Gasteiger partial charge in [0.2, 0.25) is 0 Å². The largest absolute Gasteiger partial charge is 0.483 e. The van der Waals surface area contributed by atoms with E-state index in [1.807, 2.05) is 48.8 Å². The van der Waals surface area contributed by atoms with Gasteiger partial charge in [-0.2, -0.15) is 0 Å². The minimum Gasteiger partial charge on any atom is -0.483 e. The molecule has 0 aliphatic heterocycles. The lowest BCUT2D eigenvalue weighted by Crippen LogP contribution is -2.11. The van der Waals surface area contributed by atoms with Crippen molar-refractivity contribution < 1.29 is 9.84 Å².